The van der Waals surface area contributed by atoms with Crippen molar-refractivity contribution in [3.8, 4) is 5.75 Å². The van der Waals surface area contributed by atoms with Gasteiger partial charge in [0.1, 0.15) is 12.4 Å². The maximum Gasteiger partial charge on any atom is 0.253 e. The predicted octanol–water partition coefficient (Wildman–Crippen LogP) is 1.93. The molecule has 1 saturated heterocycles. The van der Waals surface area contributed by atoms with Crippen molar-refractivity contribution < 1.29 is 14.3 Å². The van der Waals surface area contributed by atoms with E-state index in [0.29, 0.717) is 23.4 Å². The molecule has 4 N–H and O–H groups in total. The zero-order chi connectivity index (χ0) is 18.5. The summed E-state index contributed by atoms with van der Waals surface area (Å²) in [6, 6.07) is 14.2. The molecule has 6 nitrogen and oxygen atoms in total. The third kappa shape index (κ3) is 4.21. The van der Waals surface area contributed by atoms with Gasteiger partial charge in [-0.05, 0) is 42.7 Å². The second-order valence-electron chi connectivity index (χ2n) is 6.50. The van der Waals surface area contributed by atoms with Gasteiger partial charge in [-0.25, -0.2) is 0 Å². The van der Waals surface area contributed by atoms with Crippen molar-refractivity contribution in [1.82, 2.24) is 4.90 Å². The summed E-state index contributed by atoms with van der Waals surface area (Å²) in [7, 11) is 0. The molecule has 0 bridgehead atoms. The fraction of sp³-hybridized carbons (Fsp3) is 0.300. The van der Waals surface area contributed by atoms with Crippen molar-refractivity contribution in [2.75, 3.05) is 13.1 Å². The second-order valence-corrected chi connectivity index (χ2v) is 6.50. The van der Waals surface area contributed by atoms with E-state index in [4.69, 9.17) is 16.2 Å². The molecule has 2 aromatic rings. The lowest BCUT2D eigenvalue weighted by atomic mass is 10.0. The van der Waals surface area contributed by atoms with Gasteiger partial charge in [0.2, 0.25) is 0 Å². The third-order valence-corrected chi connectivity index (χ3v) is 4.47. The summed E-state index contributed by atoms with van der Waals surface area (Å²) in [5, 5.41) is 0. The second kappa shape index (κ2) is 8.01. The Morgan fingerprint density at radius 3 is 2.73 bits per heavy atom. The summed E-state index contributed by atoms with van der Waals surface area (Å²) < 4.78 is 5.74. The summed E-state index contributed by atoms with van der Waals surface area (Å²) in [4.78, 5) is 25.9. The summed E-state index contributed by atoms with van der Waals surface area (Å²) >= 11 is 0. The molecule has 1 aliphatic rings. The fourth-order valence-electron chi connectivity index (χ4n) is 3.13. The Labute approximate surface area is 152 Å². The number of benzene rings is 2. The Balaban J connectivity index is 1.70. The van der Waals surface area contributed by atoms with Gasteiger partial charge in [-0.1, -0.05) is 24.3 Å². The maximum absolute atomic E-state index is 12.7. The number of rotatable bonds is 5. The van der Waals surface area contributed by atoms with Crippen LogP contribution in [-0.4, -0.2) is 35.8 Å². The number of nitrogens with zero attached hydrogens (tertiary/aromatic N) is 1. The molecule has 1 aliphatic heterocycles. The van der Waals surface area contributed by atoms with Crippen LogP contribution in [0.5, 0.6) is 5.75 Å². The average Bonchev–Trinajstić information content (AvgIpc) is 2.66. The van der Waals surface area contributed by atoms with Crippen LogP contribution in [0.1, 0.15) is 39.1 Å². The van der Waals surface area contributed by atoms with Crippen LogP contribution >= 0.6 is 0 Å². The molecule has 1 atom stereocenters. The standard InChI is InChI=1S/C20H23N3O3/c21-16-7-4-10-23(12-16)20(25)15-6-3-5-14(11-15)13-26-18-9-2-1-8-17(18)19(22)24/h1-3,5-6,8-9,11,16H,4,7,10,12-13,21H2,(H2,22,24). The van der Waals surface area contributed by atoms with Crippen molar-refractivity contribution in [2.24, 2.45) is 11.5 Å². The van der Waals surface area contributed by atoms with E-state index >= 15 is 0 Å². The number of amides is 2. The highest BCUT2D eigenvalue weighted by atomic mass is 16.5. The number of hydrogen-bond acceptors (Lipinski definition) is 4. The lowest BCUT2D eigenvalue weighted by Crippen LogP contribution is -2.45. The monoisotopic (exact) mass is 353 g/mol. The minimum absolute atomic E-state index is 0.0143. The van der Waals surface area contributed by atoms with Crippen LogP contribution in [0.25, 0.3) is 0 Å². The van der Waals surface area contributed by atoms with Gasteiger partial charge < -0.3 is 21.1 Å². The van der Waals surface area contributed by atoms with Gasteiger partial charge >= 0.3 is 0 Å². The zero-order valence-corrected chi connectivity index (χ0v) is 14.6. The first-order valence-corrected chi connectivity index (χ1v) is 8.70. The van der Waals surface area contributed by atoms with Crippen LogP contribution in [0.15, 0.2) is 48.5 Å². The lowest BCUT2D eigenvalue weighted by Gasteiger charge is -2.30. The first-order valence-electron chi connectivity index (χ1n) is 8.70. The minimum atomic E-state index is -0.536. The van der Waals surface area contributed by atoms with Crippen LogP contribution in [0, 0.1) is 0 Å². The molecule has 6 heteroatoms. The van der Waals surface area contributed by atoms with E-state index in [9.17, 15) is 9.59 Å². The number of hydrogen-bond donors (Lipinski definition) is 2. The van der Waals surface area contributed by atoms with E-state index < -0.39 is 5.91 Å². The van der Waals surface area contributed by atoms with Gasteiger partial charge in [-0.15, -0.1) is 0 Å². The molecule has 0 saturated carbocycles. The molecule has 0 spiro atoms. The quantitative estimate of drug-likeness (QED) is 0.858. The van der Waals surface area contributed by atoms with Gasteiger partial charge in [-0.2, -0.15) is 0 Å². The van der Waals surface area contributed by atoms with Gasteiger partial charge in [0.05, 0.1) is 5.56 Å². The Hall–Kier alpha value is -2.86. The molecule has 2 aromatic carbocycles. The van der Waals surface area contributed by atoms with Crippen LogP contribution in [0.3, 0.4) is 0 Å². The van der Waals surface area contributed by atoms with E-state index in [2.05, 4.69) is 0 Å². The Morgan fingerprint density at radius 2 is 1.96 bits per heavy atom. The van der Waals surface area contributed by atoms with Gasteiger partial charge in [0, 0.05) is 24.7 Å². The summed E-state index contributed by atoms with van der Waals surface area (Å²) in [5.41, 5.74) is 13.1. The van der Waals surface area contributed by atoms with Crippen LogP contribution in [0.4, 0.5) is 0 Å². The Bertz CT molecular complexity index is 806. The molecular formula is C20H23N3O3. The number of nitrogens with two attached hydrogens (primary N) is 2. The third-order valence-electron chi connectivity index (χ3n) is 4.47. The van der Waals surface area contributed by atoms with Crippen LogP contribution < -0.4 is 16.2 Å². The largest absolute Gasteiger partial charge is 0.488 e. The minimum Gasteiger partial charge on any atom is -0.488 e. The molecule has 136 valence electrons. The van der Waals surface area contributed by atoms with E-state index in [1.165, 1.54) is 0 Å². The number of carbonyl (C=O) groups excluding carboxylic acids is 2. The van der Waals surface area contributed by atoms with Crippen molar-refractivity contribution in [1.29, 1.82) is 0 Å². The number of primary amides is 1. The number of ether oxygens (including phenoxy) is 1. The van der Waals surface area contributed by atoms with Crippen LogP contribution in [0.2, 0.25) is 0 Å². The Morgan fingerprint density at radius 1 is 1.15 bits per heavy atom. The number of piperidine rings is 1. The summed E-state index contributed by atoms with van der Waals surface area (Å²) in [5.74, 6) is -0.121. The molecule has 1 heterocycles. The summed E-state index contributed by atoms with van der Waals surface area (Å²) in [6.07, 6.45) is 1.89. The zero-order valence-electron chi connectivity index (χ0n) is 14.6. The van der Waals surface area contributed by atoms with Crippen molar-refractivity contribution >= 4 is 11.8 Å². The molecule has 0 radical (unpaired) electrons. The smallest absolute Gasteiger partial charge is 0.253 e. The van der Waals surface area contributed by atoms with E-state index in [0.717, 1.165) is 24.9 Å². The van der Waals surface area contributed by atoms with Gasteiger partial charge in [0.15, 0.2) is 0 Å². The van der Waals surface area contributed by atoms with Crippen molar-refractivity contribution in [3.05, 3.63) is 65.2 Å². The van der Waals surface area contributed by atoms with Crippen LogP contribution in [-0.2, 0) is 6.61 Å². The number of likely N-dealkylation sites (tertiary alicyclic amines) is 1. The highest BCUT2D eigenvalue weighted by Crippen LogP contribution is 2.20. The molecule has 26 heavy (non-hydrogen) atoms. The predicted molar refractivity (Wildman–Crippen MR) is 98.8 cm³/mol. The molecule has 3 rings (SSSR count). The van der Waals surface area contributed by atoms with Crippen molar-refractivity contribution in [3.63, 3.8) is 0 Å². The molecule has 0 aliphatic carbocycles. The Kier molecular flexibility index (Phi) is 5.53. The number of para-hydroxylation sites is 1. The summed E-state index contributed by atoms with van der Waals surface area (Å²) in [6.45, 7) is 1.57. The van der Waals surface area contributed by atoms with E-state index in [1.54, 1.807) is 35.2 Å². The highest BCUT2D eigenvalue weighted by Gasteiger charge is 2.22. The molecule has 2 amide bonds. The first kappa shape index (κ1) is 17.9. The highest BCUT2D eigenvalue weighted by molar-refractivity contribution is 5.95. The number of carbonyl (C=O) groups is 2. The van der Waals surface area contributed by atoms with E-state index in [-0.39, 0.29) is 18.6 Å². The lowest BCUT2D eigenvalue weighted by molar-refractivity contribution is 0.0708. The first-order chi connectivity index (χ1) is 12.5. The normalized spacial score (nSPS) is 17.0. The molecular weight excluding hydrogens is 330 g/mol. The van der Waals surface area contributed by atoms with Gasteiger partial charge in [-0.3, -0.25) is 9.59 Å². The molecule has 1 fully saturated rings. The molecule has 1 unspecified atom stereocenters. The van der Waals surface area contributed by atoms with Gasteiger partial charge in [0.25, 0.3) is 11.8 Å². The maximum atomic E-state index is 12.7. The van der Waals surface area contributed by atoms with Crippen molar-refractivity contribution in [2.45, 2.75) is 25.5 Å². The average molecular weight is 353 g/mol. The topological polar surface area (TPSA) is 98.7 Å². The molecule has 0 aromatic heterocycles. The van der Waals surface area contributed by atoms with E-state index in [1.807, 2.05) is 18.2 Å². The SMILES string of the molecule is NC(=O)c1ccccc1OCc1cccc(C(=O)N2CCCC(N)C2)c1. The fourth-order valence-corrected chi connectivity index (χ4v) is 3.13.